The molecule has 0 spiro atoms. The summed E-state index contributed by atoms with van der Waals surface area (Å²) in [5.74, 6) is 0.859. The van der Waals surface area contributed by atoms with Gasteiger partial charge in [-0.05, 0) is 43.4 Å². The van der Waals surface area contributed by atoms with Crippen LogP contribution in [0.25, 0.3) is 0 Å². The summed E-state index contributed by atoms with van der Waals surface area (Å²) in [5.41, 5.74) is 7.49. The van der Waals surface area contributed by atoms with E-state index in [0.717, 1.165) is 36.1 Å². The molecule has 1 aromatic carbocycles. The normalized spacial score (nSPS) is 15.3. The molecule has 19 heavy (non-hydrogen) atoms. The number of carbonyl (C=O) groups is 1. The Kier molecular flexibility index (Phi) is 5.20. The van der Waals surface area contributed by atoms with Gasteiger partial charge in [-0.1, -0.05) is 12.1 Å². The summed E-state index contributed by atoms with van der Waals surface area (Å²) in [6.45, 7) is 2.62. The number of aryl methyl sites for hydroxylation is 1. The molecule has 106 valence electrons. The highest BCUT2D eigenvalue weighted by molar-refractivity contribution is 5.88. The summed E-state index contributed by atoms with van der Waals surface area (Å²) in [7, 11) is 1.67. The lowest BCUT2D eigenvalue weighted by atomic mass is 10.1. The van der Waals surface area contributed by atoms with Crippen molar-refractivity contribution in [3.8, 4) is 5.75 Å². The highest BCUT2D eigenvalue weighted by atomic mass is 35.5. The molecule has 1 amide bonds. The van der Waals surface area contributed by atoms with E-state index in [1.165, 1.54) is 0 Å². The number of hydrogen-bond acceptors (Lipinski definition) is 3. The maximum atomic E-state index is 11.6. The smallest absolute Gasteiger partial charge is 0.240 e. The Morgan fingerprint density at radius 2 is 2.16 bits per heavy atom. The molecule has 0 heterocycles. The number of halogens is 1. The number of carbonyl (C=O) groups excluding carboxylic acids is 1. The number of nitrogens with two attached hydrogens (primary N) is 1. The van der Waals surface area contributed by atoms with Gasteiger partial charge in [0.1, 0.15) is 5.75 Å². The van der Waals surface area contributed by atoms with Crippen LogP contribution in [-0.4, -0.2) is 25.1 Å². The van der Waals surface area contributed by atoms with Crippen molar-refractivity contribution in [1.82, 2.24) is 5.32 Å². The van der Waals surface area contributed by atoms with Gasteiger partial charge in [0.25, 0.3) is 0 Å². The van der Waals surface area contributed by atoms with Gasteiger partial charge in [0.05, 0.1) is 12.6 Å². The molecule has 0 radical (unpaired) electrons. The standard InChI is InChI=1S/C14H20N2O2.ClH/c1-10-3-4-11(9-12(10)18-2)5-8-16-13(17)14(15)6-7-14;/h3-4,9H,5-8,15H2,1-2H3,(H,16,17);1H. The number of ether oxygens (including phenoxy) is 1. The fourth-order valence-corrected chi connectivity index (χ4v) is 1.88. The van der Waals surface area contributed by atoms with Crippen LogP contribution >= 0.6 is 12.4 Å². The molecule has 5 heteroatoms. The van der Waals surface area contributed by atoms with Gasteiger partial charge in [0.2, 0.25) is 5.91 Å². The van der Waals surface area contributed by atoms with Crippen molar-refractivity contribution in [3.63, 3.8) is 0 Å². The summed E-state index contributed by atoms with van der Waals surface area (Å²) in [4.78, 5) is 11.6. The van der Waals surface area contributed by atoms with Crippen molar-refractivity contribution in [3.05, 3.63) is 29.3 Å². The maximum absolute atomic E-state index is 11.6. The molecular weight excluding hydrogens is 264 g/mol. The van der Waals surface area contributed by atoms with Crippen LogP contribution in [0.5, 0.6) is 5.75 Å². The highest BCUT2D eigenvalue weighted by Crippen LogP contribution is 2.32. The summed E-state index contributed by atoms with van der Waals surface area (Å²) in [5, 5.41) is 2.88. The van der Waals surface area contributed by atoms with E-state index >= 15 is 0 Å². The van der Waals surface area contributed by atoms with E-state index in [1.54, 1.807) is 7.11 Å². The number of rotatable bonds is 5. The van der Waals surface area contributed by atoms with Gasteiger partial charge in [-0.2, -0.15) is 0 Å². The number of benzene rings is 1. The van der Waals surface area contributed by atoms with Crippen LogP contribution < -0.4 is 15.8 Å². The fourth-order valence-electron chi connectivity index (χ4n) is 1.88. The average Bonchev–Trinajstić information content (AvgIpc) is 3.10. The first-order valence-corrected chi connectivity index (χ1v) is 6.26. The molecule has 0 atom stereocenters. The Labute approximate surface area is 120 Å². The SMILES string of the molecule is COc1cc(CCNC(=O)C2(N)CC2)ccc1C.Cl. The van der Waals surface area contributed by atoms with E-state index in [9.17, 15) is 4.79 Å². The molecule has 0 bridgehead atoms. The molecule has 0 saturated heterocycles. The van der Waals surface area contributed by atoms with Crippen LogP contribution in [0.3, 0.4) is 0 Å². The topological polar surface area (TPSA) is 64.3 Å². The molecule has 2 rings (SSSR count). The maximum Gasteiger partial charge on any atom is 0.240 e. The molecule has 4 nitrogen and oxygen atoms in total. The molecule has 1 aromatic rings. The molecule has 3 N–H and O–H groups in total. The van der Waals surface area contributed by atoms with Crippen LogP contribution in [0.4, 0.5) is 0 Å². The van der Waals surface area contributed by atoms with Gasteiger partial charge in [0.15, 0.2) is 0 Å². The Morgan fingerprint density at radius 1 is 1.47 bits per heavy atom. The van der Waals surface area contributed by atoms with E-state index in [-0.39, 0.29) is 18.3 Å². The Bertz CT molecular complexity index is 459. The summed E-state index contributed by atoms with van der Waals surface area (Å²) in [6, 6.07) is 6.09. The number of hydrogen-bond donors (Lipinski definition) is 2. The third-order valence-corrected chi connectivity index (χ3v) is 3.41. The first kappa shape index (κ1) is 15.8. The van der Waals surface area contributed by atoms with Crippen molar-refractivity contribution < 1.29 is 9.53 Å². The van der Waals surface area contributed by atoms with Crippen LogP contribution in [-0.2, 0) is 11.2 Å². The Morgan fingerprint density at radius 3 is 2.74 bits per heavy atom. The van der Waals surface area contributed by atoms with Gasteiger partial charge in [0, 0.05) is 6.54 Å². The molecule has 1 aliphatic rings. The molecule has 0 aliphatic heterocycles. The van der Waals surface area contributed by atoms with Crippen LogP contribution in [0.1, 0.15) is 24.0 Å². The van der Waals surface area contributed by atoms with E-state index < -0.39 is 5.54 Å². The molecular formula is C14H21ClN2O2. The zero-order valence-electron chi connectivity index (χ0n) is 11.4. The van der Waals surface area contributed by atoms with E-state index in [4.69, 9.17) is 10.5 Å². The van der Waals surface area contributed by atoms with E-state index in [2.05, 4.69) is 11.4 Å². The van der Waals surface area contributed by atoms with Gasteiger partial charge < -0.3 is 15.8 Å². The lowest BCUT2D eigenvalue weighted by molar-refractivity contribution is -0.123. The monoisotopic (exact) mass is 284 g/mol. The lowest BCUT2D eigenvalue weighted by Gasteiger charge is -2.11. The second-order valence-electron chi connectivity index (χ2n) is 4.97. The van der Waals surface area contributed by atoms with E-state index in [1.807, 2.05) is 19.1 Å². The van der Waals surface area contributed by atoms with Gasteiger partial charge in [-0.25, -0.2) is 0 Å². The summed E-state index contributed by atoms with van der Waals surface area (Å²) in [6.07, 6.45) is 2.40. The molecule has 0 aromatic heterocycles. The number of nitrogens with one attached hydrogen (secondary N) is 1. The predicted octanol–water partition coefficient (Wildman–Crippen LogP) is 1.58. The van der Waals surface area contributed by atoms with Crippen LogP contribution in [0.2, 0.25) is 0 Å². The van der Waals surface area contributed by atoms with Gasteiger partial charge >= 0.3 is 0 Å². The molecule has 1 fully saturated rings. The van der Waals surface area contributed by atoms with Crippen molar-refractivity contribution in [2.75, 3.05) is 13.7 Å². The molecule has 1 aliphatic carbocycles. The minimum Gasteiger partial charge on any atom is -0.496 e. The highest BCUT2D eigenvalue weighted by Gasteiger charge is 2.45. The molecule has 0 unspecified atom stereocenters. The third kappa shape index (κ3) is 3.85. The third-order valence-electron chi connectivity index (χ3n) is 3.41. The first-order valence-electron chi connectivity index (χ1n) is 6.26. The van der Waals surface area contributed by atoms with Crippen LogP contribution in [0, 0.1) is 6.92 Å². The van der Waals surface area contributed by atoms with Crippen molar-refractivity contribution in [2.24, 2.45) is 5.73 Å². The van der Waals surface area contributed by atoms with Crippen molar-refractivity contribution in [1.29, 1.82) is 0 Å². The minimum absolute atomic E-state index is 0. The zero-order chi connectivity index (χ0) is 13.2. The van der Waals surface area contributed by atoms with E-state index in [0.29, 0.717) is 6.54 Å². The average molecular weight is 285 g/mol. The van der Waals surface area contributed by atoms with Crippen molar-refractivity contribution in [2.45, 2.75) is 31.7 Å². The fraction of sp³-hybridized carbons (Fsp3) is 0.500. The second-order valence-corrected chi connectivity index (χ2v) is 4.97. The molecule has 1 saturated carbocycles. The van der Waals surface area contributed by atoms with Crippen molar-refractivity contribution >= 4 is 18.3 Å². The zero-order valence-corrected chi connectivity index (χ0v) is 12.2. The Hall–Kier alpha value is -1.26. The summed E-state index contributed by atoms with van der Waals surface area (Å²) < 4.78 is 5.27. The lowest BCUT2D eigenvalue weighted by Crippen LogP contribution is -2.43. The summed E-state index contributed by atoms with van der Waals surface area (Å²) >= 11 is 0. The van der Waals surface area contributed by atoms with Crippen LogP contribution in [0.15, 0.2) is 18.2 Å². The Balaban J connectivity index is 0.00000180. The minimum atomic E-state index is -0.578. The van der Waals surface area contributed by atoms with Gasteiger partial charge in [-0.3, -0.25) is 4.79 Å². The van der Waals surface area contributed by atoms with Gasteiger partial charge in [-0.15, -0.1) is 12.4 Å². The number of methoxy groups -OCH3 is 1. The predicted molar refractivity (Wildman–Crippen MR) is 77.8 cm³/mol. The quantitative estimate of drug-likeness (QED) is 0.863. The first-order chi connectivity index (χ1) is 8.55. The largest absolute Gasteiger partial charge is 0.496 e. The second kappa shape index (κ2) is 6.26. The number of amides is 1.